The first-order valence-corrected chi connectivity index (χ1v) is 6.26. The number of hydrogen-bond donors (Lipinski definition) is 3. The minimum atomic E-state index is -0.507. The second kappa shape index (κ2) is 4.35. The lowest BCUT2D eigenvalue weighted by molar-refractivity contribution is 0.0960. The zero-order valence-corrected chi connectivity index (χ0v) is 10.6. The second-order valence-electron chi connectivity index (χ2n) is 4.55. The van der Waals surface area contributed by atoms with Crippen LogP contribution < -0.4 is 5.73 Å². The first kappa shape index (κ1) is 11.9. The molecule has 1 fully saturated rings. The fourth-order valence-corrected chi connectivity index (χ4v) is 2.66. The van der Waals surface area contributed by atoms with Crippen LogP contribution in [0.25, 0.3) is 0 Å². The maximum atomic E-state index is 9.85. The van der Waals surface area contributed by atoms with E-state index in [9.17, 15) is 10.2 Å². The van der Waals surface area contributed by atoms with E-state index in [1.54, 1.807) is 12.1 Å². The summed E-state index contributed by atoms with van der Waals surface area (Å²) >= 11 is 3.38. The fourth-order valence-electron chi connectivity index (χ4n) is 2.29. The third-order valence-corrected chi connectivity index (χ3v) is 3.84. The molecule has 0 saturated heterocycles. The molecular formula is C12H16BrNO2. The topological polar surface area (TPSA) is 66.5 Å². The van der Waals surface area contributed by atoms with Crippen LogP contribution in [0.15, 0.2) is 22.7 Å². The number of phenols is 1. The van der Waals surface area contributed by atoms with Crippen LogP contribution in [0, 0.1) is 0 Å². The number of phenolic OH excluding ortho intramolecular Hbond substituents is 1. The van der Waals surface area contributed by atoms with E-state index in [4.69, 9.17) is 5.73 Å². The molecular weight excluding hydrogens is 270 g/mol. The first-order chi connectivity index (χ1) is 7.51. The minimum absolute atomic E-state index is 0.238. The Morgan fingerprint density at radius 1 is 1.31 bits per heavy atom. The summed E-state index contributed by atoms with van der Waals surface area (Å²) < 4.78 is 0.913. The largest absolute Gasteiger partial charge is 0.508 e. The van der Waals surface area contributed by atoms with Gasteiger partial charge in [-0.3, -0.25) is 0 Å². The van der Waals surface area contributed by atoms with E-state index in [0.29, 0.717) is 25.7 Å². The number of aliphatic hydroxyl groups excluding tert-OH is 1. The van der Waals surface area contributed by atoms with E-state index < -0.39 is 5.54 Å². The zero-order chi connectivity index (χ0) is 11.8. The lowest BCUT2D eigenvalue weighted by atomic mass is 9.76. The fraction of sp³-hybridized carbons (Fsp3) is 0.500. The Labute approximate surface area is 103 Å². The van der Waals surface area contributed by atoms with Crippen molar-refractivity contribution in [3.05, 3.63) is 28.2 Å². The maximum Gasteiger partial charge on any atom is 0.120 e. The van der Waals surface area contributed by atoms with Crippen LogP contribution in [0.4, 0.5) is 0 Å². The van der Waals surface area contributed by atoms with E-state index >= 15 is 0 Å². The highest BCUT2D eigenvalue weighted by atomic mass is 79.9. The van der Waals surface area contributed by atoms with Crippen LogP contribution >= 0.6 is 15.9 Å². The molecule has 1 aromatic rings. The Hall–Kier alpha value is -0.580. The average molecular weight is 286 g/mol. The van der Waals surface area contributed by atoms with Crippen LogP contribution in [-0.4, -0.2) is 16.3 Å². The standard InChI is InChI=1S/C12H16BrNO2/c13-8-1-2-11(16)10(7-8)12(14)5-3-9(15)4-6-12/h1-2,7,9,15-16H,3-6,14H2. The Balaban J connectivity index is 2.32. The molecule has 1 aliphatic carbocycles. The molecule has 0 aromatic heterocycles. The van der Waals surface area contributed by atoms with Gasteiger partial charge in [0.05, 0.1) is 6.10 Å². The normalized spacial score (nSPS) is 30.3. The highest BCUT2D eigenvalue weighted by Crippen LogP contribution is 2.39. The molecule has 4 N–H and O–H groups in total. The van der Waals surface area contributed by atoms with Crippen molar-refractivity contribution in [2.75, 3.05) is 0 Å². The van der Waals surface area contributed by atoms with Crippen molar-refractivity contribution >= 4 is 15.9 Å². The molecule has 0 spiro atoms. The smallest absolute Gasteiger partial charge is 0.120 e. The molecule has 0 unspecified atom stereocenters. The number of halogens is 1. The van der Waals surface area contributed by atoms with E-state index in [1.807, 2.05) is 6.07 Å². The van der Waals surface area contributed by atoms with Crippen molar-refractivity contribution in [2.45, 2.75) is 37.3 Å². The third-order valence-electron chi connectivity index (χ3n) is 3.34. The predicted molar refractivity (Wildman–Crippen MR) is 66.1 cm³/mol. The quantitative estimate of drug-likeness (QED) is 0.741. The molecule has 0 amide bonds. The summed E-state index contributed by atoms with van der Waals surface area (Å²) in [4.78, 5) is 0. The molecule has 2 rings (SSSR count). The number of benzene rings is 1. The Morgan fingerprint density at radius 3 is 2.56 bits per heavy atom. The van der Waals surface area contributed by atoms with Gasteiger partial charge >= 0.3 is 0 Å². The van der Waals surface area contributed by atoms with Gasteiger partial charge in [0.25, 0.3) is 0 Å². The van der Waals surface area contributed by atoms with Crippen molar-refractivity contribution in [2.24, 2.45) is 5.73 Å². The SMILES string of the molecule is NC1(c2cc(Br)ccc2O)CCC(O)CC1. The third kappa shape index (κ3) is 2.24. The van der Waals surface area contributed by atoms with Gasteiger partial charge in [-0.15, -0.1) is 0 Å². The molecule has 1 aromatic carbocycles. The number of rotatable bonds is 1. The lowest BCUT2D eigenvalue weighted by Crippen LogP contribution is -2.41. The zero-order valence-electron chi connectivity index (χ0n) is 8.99. The van der Waals surface area contributed by atoms with Crippen molar-refractivity contribution in [1.29, 1.82) is 0 Å². The van der Waals surface area contributed by atoms with Crippen molar-refractivity contribution in [1.82, 2.24) is 0 Å². The Morgan fingerprint density at radius 2 is 1.94 bits per heavy atom. The number of nitrogens with two attached hydrogens (primary N) is 1. The van der Waals surface area contributed by atoms with Crippen molar-refractivity contribution in [3.63, 3.8) is 0 Å². The summed E-state index contributed by atoms with van der Waals surface area (Å²) in [5, 5.41) is 19.3. The molecule has 0 heterocycles. The van der Waals surface area contributed by atoms with Gasteiger partial charge in [-0.05, 0) is 43.9 Å². The van der Waals surface area contributed by atoms with E-state index in [2.05, 4.69) is 15.9 Å². The molecule has 1 saturated carbocycles. The molecule has 0 radical (unpaired) electrons. The van der Waals surface area contributed by atoms with Gasteiger partial charge in [0.1, 0.15) is 5.75 Å². The molecule has 0 atom stereocenters. The molecule has 0 aliphatic heterocycles. The molecule has 16 heavy (non-hydrogen) atoms. The van der Waals surface area contributed by atoms with Crippen LogP contribution in [0.5, 0.6) is 5.75 Å². The number of aliphatic hydroxyl groups is 1. The minimum Gasteiger partial charge on any atom is -0.508 e. The van der Waals surface area contributed by atoms with Crippen LogP contribution in [0.3, 0.4) is 0 Å². The predicted octanol–water partition coefficient (Wildman–Crippen LogP) is 2.24. The second-order valence-corrected chi connectivity index (χ2v) is 5.46. The summed E-state index contributed by atoms with van der Waals surface area (Å²) in [7, 11) is 0. The highest BCUT2D eigenvalue weighted by molar-refractivity contribution is 9.10. The van der Waals surface area contributed by atoms with Crippen LogP contribution in [0.2, 0.25) is 0 Å². The monoisotopic (exact) mass is 285 g/mol. The molecule has 88 valence electrons. The summed E-state index contributed by atoms with van der Waals surface area (Å²) in [6.07, 6.45) is 2.56. The van der Waals surface area contributed by atoms with E-state index in [-0.39, 0.29) is 11.9 Å². The van der Waals surface area contributed by atoms with Crippen LogP contribution in [-0.2, 0) is 5.54 Å². The summed E-state index contributed by atoms with van der Waals surface area (Å²) in [6, 6.07) is 5.31. The molecule has 3 nitrogen and oxygen atoms in total. The van der Waals surface area contributed by atoms with Gasteiger partial charge in [0.2, 0.25) is 0 Å². The number of aromatic hydroxyl groups is 1. The summed E-state index contributed by atoms with van der Waals surface area (Å²) in [5.41, 5.74) is 6.59. The maximum absolute atomic E-state index is 9.85. The Bertz CT molecular complexity index is 387. The van der Waals surface area contributed by atoms with Gasteiger partial charge in [-0.25, -0.2) is 0 Å². The summed E-state index contributed by atoms with van der Waals surface area (Å²) in [6.45, 7) is 0. The average Bonchev–Trinajstić information content (AvgIpc) is 2.26. The van der Waals surface area contributed by atoms with Gasteiger partial charge in [-0.2, -0.15) is 0 Å². The Kier molecular flexibility index (Phi) is 3.24. The van der Waals surface area contributed by atoms with Gasteiger partial charge in [-0.1, -0.05) is 15.9 Å². The van der Waals surface area contributed by atoms with Crippen molar-refractivity contribution in [3.8, 4) is 5.75 Å². The van der Waals surface area contributed by atoms with E-state index in [1.165, 1.54) is 0 Å². The summed E-state index contributed by atoms with van der Waals surface area (Å²) in [5.74, 6) is 0.238. The molecule has 0 bridgehead atoms. The molecule has 4 heteroatoms. The van der Waals surface area contributed by atoms with E-state index in [0.717, 1.165) is 10.0 Å². The van der Waals surface area contributed by atoms with Gasteiger partial charge in [0.15, 0.2) is 0 Å². The lowest BCUT2D eigenvalue weighted by Gasteiger charge is -2.36. The van der Waals surface area contributed by atoms with Crippen molar-refractivity contribution < 1.29 is 10.2 Å². The van der Waals surface area contributed by atoms with Gasteiger partial charge in [0, 0.05) is 15.6 Å². The van der Waals surface area contributed by atoms with Crippen LogP contribution in [0.1, 0.15) is 31.2 Å². The number of hydrogen-bond acceptors (Lipinski definition) is 3. The molecule has 1 aliphatic rings. The van der Waals surface area contributed by atoms with Gasteiger partial charge < -0.3 is 15.9 Å². The first-order valence-electron chi connectivity index (χ1n) is 5.47. The highest BCUT2D eigenvalue weighted by Gasteiger charge is 2.34.